The number of carboxylic acid groups (broad SMARTS) is 1. The summed E-state index contributed by atoms with van der Waals surface area (Å²) in [5, 5.41) is 11.9. The van der Waals surface area contributed by atoms with Crippen LogP contribution in [-0.4, -0.2) is 41.9 Å². The summed E-state index contributed by atoms with van der Waals surface area (Å²) >= 11 is 0. The quantitative estimate of drug-likeness (QED) is 0.676. The average Bonchev–Trinajstić information content (AvgIpc) is 3.03. The number of amides is 1. The Balaban J connectivity index is 1.68. The van der Waals surface area contributed by atoms with E-state index >= 15 is 0 Å². The molecule has 0 aromatic heterocycles. The number of aliphatic carboxylic acids is 1. The SMILES string of the molecule is CC(=O)O[C@@H](C)[C@H](C)[C@H](NC(=O)OCC1c2ccccc2-c2ccccc21)C(=O)O. The minimum absolute atomic E-state index is 0.0834. The number of carbonyl (C=O) groups excluding carboxylic acids is 2. The van der Waals surface area contributed by atoms with Gasteiger partial charge in [0.05, 0.1) is 0 Å². The highest BCUT2D eigenvalue weighted by atomic mass is 16.6. The average molecular weight is 411 g/mol. The third-order valence-corrected chi connectivity index (χ3v) is 5.50. The highest BCUT2D eigenvalue weighted by Crippen LogP contribution is 2.44. The molecule has 158 valence electrons. The molecule has 0 unspecified atom stereocenters. The van der Waals surface area contributed by atoms with Crippen LogP contribution in [0.5, 0.6) is 0 Å². The summed E-state index contributed by atoms with van der Waals surface area (Å²) in [7, 11) is 0. The number of carbonyl (C=O) groups is 3. The van der Waals surface area contributed by atoms with E-state index < -0.39 is 36.1 Å². The molecule has 0 saturated heterocycles. The largest absolute Gasteiger partial charge is 0.480 e. The molecule has 3 rings (SSSR count). The predicted molar refractivity (Wildman–Crippen MR) is 110 cm³/mol. The van der Waals surface area contributed by atoms with Crippen LogP contribution in [0.3, 0.4) is 0 Å². The van der Waals surface area contributed by atoms with Gasteiger partial charge >= 0.3 is 18.0 Å². The molecule has 0 spiro atoms. The third-order valence-electron chi connectivity index (χ3n) is 5.50. The zero-order valence-corrected chi connectivity index (χ0v) is 17.1. The Bertz CT molecular complexity index is 911. The second-order valence-corrected chi connectivity index (χ2v) is 7.46. The van der Waals surface area contributed by atoms with Crippen molar-refractivity contribution in [3.05, 3.63) is 59.7 Å². The number of hydrogen-bond acceptors (Lipinski definition) is 5. The summed E-state index contributed by atoms with van der Waals surface area (Å²) in [5.74, 6) is -2.51. The summed E-state index contributed by atoms with van der Waals surface area (Å²) in [4.78, 5) is 35.2. The number of benzene rings is 2. The Morgan fingerprint density at radius 3 is 2.03 bits per heavy atom. The van der Waals surface area contributed by atoms with Gasteiger partial charge in [0, 0.05) is 18.8 Å². The number of esters is 1. The van der Waals surface area contributed by atoms with Crippen LogP contribution < -0.4 is 5.32 Å². The molecule has 7 heteroatoms. The molecule has 0 saturated carbocycles. The van der Waals surface area contributed by atoms with Crippen molar-refractivity contribution in [1.82, 2.24) is 5.32 Å². The predicted octanol–water partition coefficient (Wildman–Crippen LogP) is 3.57. The highest BCUT2D eigenvalue weighted by molar-refractivity contribution is 5.81. The van der Waals surface area contributed by atoms with E-state index in [1.807, 2.05) is 48.5 Å². The van der Waals surface area contributed by atoms with Gasteiger partial charge in [0.2, 0.25) is 0 Å². The first kappa shape index (κ1) is 21.4. The van der Waals surface area contributed by atoms with Crippen LogP contribution >= 0.6 is 0 Å². The fourth-order valence-electron chi connectivity index (χ4n) is 3.83. The molecule has 0 radical (unpaired) electrons. The van der Waals surface area contributed by atoms with Crippen LogP contribution in [0.2, 0.25) is 0 Å². The van der Waals surface area contributed by atoms with E-state index in [0.717, 1.165) is 22.3 Å². The second kappa shape index (κ2) is 8.98. The number of rotatable bonds is 7. The van der Waals surface area contributed by atoms with Gasteiger partial charge in [-0.25, -0.2) is 9.59 Å². The Morgan fingerprint density at radius 2 is 1.53 bits per heavy atom. The van der Waals surface area contributed by atoms with Gasteiger partial charge in [0.15, 0.2) is 0 Å². The van der Waals surface area contributed by atoms with Crippen LogP contribution in [0.25, 0.3) is 11.1 Å². The van der Waals surface area contributed by atoms with Crippen molar-refractivity contribution in [2.75, 3.05) is 6.61 Å². The van der Waals surface area contributed by atoms with Crippen molar-refractivity contribution in [1.29, 1.82) is 0 Å². The summed E-state index contributed by atoms with van der Waals surface area (Å²) in [6, 6.07) is 14.6. The van der Waals surface area contributed by atoms with Crippen molar-refractivity contribution in [2.24, 2.45) is 5.92 Å². The van der Waals surface area contributed by atoms with Crippen molar-refractivity contribution >= 4 is 18.0 Å². The maximum absolute atomic E-state index is 12.4. The molecule has 0 fully saturated rings. The Hall–Kier alpha value is -3.35. The van der Waals surface area contributed by atoms with Crippen LogP contribution in [0, 0.1) is 5.92 Å². The minimum atomic E-state index is -1.25. The van der Waals surface area contributed by atoms with E-state index in [1.54, 1.807) is 13.8 Å². The van der Waals surface area contributed by atoms with Crippen molar-refractivity contribution in [3.8, 4) is 11.1 Å². The molecule has 2 aromatic carbocycles. The lowest BCUT2D eigenvalue weighted by Crippen LogP contribution is -2.49. The number of hydrogen-bond donors (Lipinski definition) is 2. The molecule has 0 bridgehead atoms. The van der Waals surface area contributed by atoms with E-state index in [4.69, 9.17) is 9.47 Å². The summed E-state index contributed by atoms with van der Waals surface area (Å²) in [5.41, 5.74) is 4.35. The van der Waals surface area contributed by atoms with Crippen LogP contribution in [0.4, 0.5) is 4.79 Å². The first-order valence-electron chi connectivity index (χ1n) is 9.81. The minimum Gasteiger partial charge on any atom is -0.480 e. The van der Waals surface area contributed by atoms with Crippen molar-refractivity contribution in [2.45, 2.75) is 38.8 Å². The number of nitrogens with one attached hydrogen (secondary N) is 1. The monoisotopic (exact) mass is 411 g/mol. The molecule has 7 nitrogen and oxygen atoms in total. The Labute approximate surface area is 175 Å². The molecule has 2 aromatic rings. The van der Waals surface area contributed by atoms with Gasteiger partial charge in [-0.3, -0.25) is 4.79 Å². The third kappa shape index (κ3) is 4.45. The normalized spacial score (nSPS) is 15.3. The Kier molecular flexibility index (Phi) is 6.40. The topological polar surface area (TPSA) is 102 Å². The summed E-state index contributed by atoms with van der Waals surface area (Å²) < 4.78 is 10.5. The molecule has 0 heterocycles. The van der Waals surface area contributed by atoms with Gasteiger partial charge in [-0.2, -0.15) is 0 Å². The number of carboxylic acids is 1. The highest BCUT2D eigenvalue weighted by Gasteiger charge is 2.33. The fraction of sp³-hybridized carbons (Fsp3) is 0.348. The zero-order chi connectivity index (χ0) is 21.8. The number of ether oxygens (including phenoxy) is 2. The molecule has 3 atom stereocenters. The molecule has 1 aliphatic rings. The fourth-order valence-corrected chi connectivity index (χ4v) is 3.83. The van der Waals surface area contributed by atoms with Gasteiger partial charge in [0.1, 0.15) is 18.8 Å². The van der Waals surface area contributed by atoms with Gasteiger partial charge in [0.25, 0.3) is 0 Å². The molecular weight excluding hydrogens is 386 g/mol. The van der Waals surface area contributed by atoms with Gasteiger partial charge in [-0.1, -0.05) is 55.5 Å². The molecule has 1 amide bonds. The Morgan fingerprint density at radius 1 is 1.00 bits per heavy atom. The van der Waals surface area contributed by atoms with E-state index in [0.29, 0.717) is 0 Å². The summed E-state index contributed by atoms with van der Waals surface area (Å²) in [6.07, 6.45) is -1.51. The molecule has 0 aliphatic heterocycles. The van der Waals surface area contributed by atoms with Crippen LogP contribution in [0.15, 0.2) is 48.5 Å². The number of fused-ring (bicyclic) bond motifs is 3. The van der Waals surface area contributed by atoms with E-state index in [-0.39, 0.29) is 12.5 Å². The standard InChI is InChI=1S/C23H25NO6/c1-13(14(2)30-15(3)25)21(22(26)27)24-23(28)29-12-20-18-10-6-4-8-16(18)17-9-5-7-11-19(17)20/h4-11,13-14,20-21H,12H2,1-3H3,(H,24,28)(H,26,27)/t13-,14-,21-/m0/s1. The van der Waals surface area contributed by atoms with Crippen LogP contribution in [0.1, 0.15) is 37.8 Å². The molecule has 30 heavy (non-hydrogen) atoms. The van der Waals surface area contributed by atoms with E-state index in [1.165, 1.54) is 6.92 Å². The van der Waals surface area contributed by atoms with Gasteiger partial charge in [-0.05, 0) is 29.2 Å². The van der Waals surface area contributed by atoms with E-state index in [9.17, 15) is 19.5 Å². The second-order valence-electron chi connectivity index (χ2n) is 7.46. The van der Waals surface area contributed by atoms with Gasteiger partial charge < -0.3 is 19.9 Å². The smallest absolute Gasteiger partial charge is 0.407 e. The van der Waals surface area contributed by atoms with Crippen LogP contribution in [-0.2, 0) is 19.1 Å². The first-order valence-corrected chi connectivity index (χ1v) is 9.81. The zero-order valence-electron chi connectivity index (χ0n) is 17.1. The molecule has 2 N–H and O–H groups in total. The number of alkyl carbamates (subject to hydrolysis) is 1. The lowest BCUT2D eigenvalue weighted by Gasteiger charge is -2.26. The van der Waals surface area contributed by atoms with Gasteiger partial charge in [-0.15, -0.1) is 0 Å². The van der Waals surface area contributed by atoms with Crippen molar-refractivity contribution in [3.63, 3.8) is 0 Å². The first-order chi connectivity index (χ1) is 14.3. The summed E-state index contributed by atoms with van der Waals surface area (Å²) in [6.45, 7) is 4.51. The lowest BCUT2D eigenvalue weighted by atomic mass is 9.96. The molecule has 1 aliphatic carbocycles. The maximum Gasteiger partial charge on any atom is 0.407 e. The lowest BCUT2D eigenvalue weighted by molar-refractivity contribution is -0.152. The maximum atomic E-state index is 12.4. The molecular formula is C23H25NO6. The van der Waals surface area contributed by atoms with E-state index in [2.05, 4.69) is 5.32 Å². The van der Waals surface area contributed by atoms with Crippen molar-refractivity contribution < 1.29 is 29.0 Å².